The predicted molar refractivity (Wildman–Crippen MR) is 123 cm³/mol. The molecule has 160 valence electrons. The Morgan fingerprint density at radius 3 is 2.58 bits per heavy atom. The van der Waals surface area contributed by atoms with Gasteiger partial charge in [-0.25, -0.2) is 4.79 Å². The molecule has 1 unspecified atom stereocenters. The zero-order valence-corrected chi connectivity index (χ0v) is 18.4. The van der Waals surface area contributed by atoms with Crippen LogP contribution in [0.3, 0.4) is 0 Å². The Morgan fingerprint density at radius 1 is 1.00 bits per heavy atom. The van der Waals surface area contributed by atoms with Crippen molar-refractivity contribution in [2.24, 2.45) is 0 Å². The summed E-state index contributed by atoms with van der Waals surface area (Å²) in [6.45, 7) is 5.34. The van der Waals surface area contributed by atoms with Gasteiger partial charge >= 0.3 is 6.03 Å². The van der Waals surface area contributed by atoms with E-state index in [1.165, 1.54) is 16.9 Å². The third-order valence-electron chi connectivity index (χ3n) is 5.48. The van der Waals surface area contributed by atoms with Gasteiger partial charge in [0.05, 0.1) is 0 Å². The van der Waals surface area contributed by atoms with Crippen molar-refractivity contribution >= 4 is 34.6 Å². The van der Waals surface area contributed by atoms with Crippen molar-refractivity contribution < 1.29 is 9.59 Å². The lowest BCUT2D eigenvalue weighted by atomic mass is 9.99. The molecule has 2 heterocycles. The molecule has 0 aliphatic carbocycles. The summed E-state index contributed by atoms with van der Waals surface area (Å²) in [4.78, 5) is 27.0. The minimum absolute atomic E-state index is 0.0787. The van der Waals surface area contributed by atoms with Crippen LogP contribution in [0.2, 0.25) is 0 Å². The summed E-state index contributed by atoms with van der Waals surface area (Å²) in [5, 5.41) is 15.3. The van der Waals surface area contributed by atoms with Crippen LogP contribution in [-0.4, -0.2) is 40.1 Å². The van der Waals surface area contributed by atoms with Gasteiger partial charge in [0.25, 0.3) is 5.91 Å². The molecule has 1 saturated heterocycles. The van der Waals surface area contributed by atoms with E-state index in [1.807, 2.05) is 67.3 Å². The first-order valence-corrected chi connectivity index (χ1v) is 11.1. The van der Waals surface area contributed by atoms with Crippen molar-refractivity contribution in [1.29, 1.82) is 0 Å². The molecule has 2 aromatic carbocycles. The number of aromatic nitrogens is 2. The van der Waals surface area contributed by atoms with Crippen LogP contribution in [0.4, 0.5) is 16.2 Å². The number of nitrogens with one attached hydrogen (secondary N) is 2. The Labute approximate surface area is 185 Å². The van der Waals surface area contributed by atoms with Crippen molar-refractivity contribution in [3.05, 3.63) is 69.7 Å². The van der Waals surface area contributed by atoms with Crippen LogP contribution in [0, 0.1) is 13.8 Å². The summed E-state index contributed by atoms with van der Waals surface area (Å²) in [5.41, 5.74) is 3.85. The number of hydrogen-bond acceptors (Lipinski definition) is 5. The number of benzene rings is 2. The maximum absolute atomic E-state index is 12.8. The number of likely N-dealkylation sites (tertiary alicyclic amines) is 1. The number of carbonyl (C=O) groups is 2. The fourth-order valence-corrected chi connectivity index (χ4v) is 4.45. The number of rotatable bonds is 4. The first kappa shape index (κ1) is 21.0. The molecule has 1 fully saturated rings. The van der Waals surface area contributed by atoms with Crippen molar-refractivity contribution in [2.45, 2.75) is 32.6 Å². The van der Waals surface area contributed by atoms with Gasteiger partial charge in [-0.15, -0.1) is 10.2 Å². The molecule has 3 amide bonds. The van der Waals surface area contributed by atoms with Crippen LogP contribution in [0.15, 0.2) is 48.5 Å². The first-order valence-electron chi connectivity index (χ1n) is 10.3. The summed E-state index contributed by atoms with van der Waals surface area (Å²) in [7, 11) is 0. The topological polar surface area (TPSA) is 87.2 Å². The lowest BCUT2D eigenvalue weighted by Gasteiger charge is -2.31. The number of aryl methyl sites for hydroxylation is 2. The number of amides is 3. The number of hydrogen-bond donors (Lipinski definition) is 2. The van der Waals surface area contributed by atoms with E-state index in [-0.39, 0.29) is 17.9 Å². The predicted octanol–water partition coefficient (Wildman–Crippen LogP) is 4.82. The van der Waals surface area contributed by atoms with Gasteiger partial charge in [-0.05, 0) is 62.1 Å². The van der Waals surface area contributed by atoms with Gasteiger partial charge in [-0.2, -0.15) is 0 Å². The smallest absolute Gasteiger partial charge is 0.321 e. The maximum atomic E-state index is 12.8. The summed E-state index contributed by atoms with van der Waals surface area (Å²) >= 11 is 1.30. The zero-order chi connectivity index (χ0) is 21.8. The molecular weight excluding hydrogens is 410 g/mol. The first-order chi connectivity index (χ1) is 15.0. The average molecular weight is 436 g/mol. The monoisotopic (exact) mass is 435 g/mol. The minimum Gasteiger partial charge on any atom is -0.324 e. The van der Waals surface area contributed by atoms with Crippen LogP contribution in [0.25, 0.3) is 0 Å². The lowest BCUT2D eigenvalue weighted by Crippen LogP contribution is -2.41. The van der Waals surface area contributed by atoms with Crippen molar-refractivity contribution in [1.82, 2.24) is 15.1 Å². The van der Waals surface area contributed by atoms with Crippen LogP contribution in [-0.2, 0) is 0 Å². The van der Waals surface area contributed by atoms with Gasteiger partial charge in [0.1, 0.15) is 5.01 Å². The van der Waals surface area contributed by atoms with E-state index in [1.54, 1.807) is 0 Å². The standard InChI is InChI=1S/C23H25N5O2S/c1-15-10-11-19(13-16(15)2)25-23(30)28-12-6-7-17(14-28)21-26-27-22(31-21)20(29)24-18-8-4-3-5-9-18/h3-5,8-11,13,17H,6-7,12,14H2,1-2H3,(H,24,29)(H,25,30). The van der Waals surface area contributed by atoms with Crippen LogP contribution >= 0.6 is 11.3 Å². The molecule has 1 atom stereocenters. The Hall–Kier alpha value is -3.26. The number of nitrogens with zero attached hydrogens (tertiary/aromatic N) is 3. The Balaban J connectivity index is 1.38. The van der Waals surface area contributed by atoms with Crippen LogP contribution in [0.1, 0.15) is 44.7 Å². The summed E-state index contributed by atoms with van der Waals surface area (Å²) in [6.07, 6.45) is 1.80. The number of piperidine rings is 1. The number of para-hydroxylation sites is 1. The van der Waals surface area contributed by atoms with Crippen LogP contribution in [0.5, 0.6) is 0 Å². The Morgan fingerprint density at radius 2 is 1.81 bits per heavy atom. The summed E-state index contributed by atoms with van der Waals surface area (Å²) in [5.74, 6) is -0.190. The highest BCUT2D eigenvalue weighted by molar-refractivity contribution is 7.13. The van der Waals surface area contributed by atoms with Gasteiger partial charge in [-0.3, -0.25) is 4.79 Å². The molecule has 8 heteroatoms. The van der Waals surface area contributed by atoms with Crippen molar-refractivity contribution in [3.8, 4) is 0 Å². The van der Waals surface area contributed by atoms with Gasteiger partial charge in [0.15, 0.2) is 0 Å². The normalized spacial score (nSPS) is 16.1. The molecule has 0 saturated carbocycles. The van der Waals surface area contributed by atoms with Crippen LogP contribution < -0.4 is 10.6 Å². The highest BCUT2D eigenvalue weighted by Gasteiger charge is 2.28. The van der Waals surface area contributed by atoms with E-state index >= 15 is 0 Å². The third-order valence-corrected chi connectivity index (χ3v) is 6.57. The Bertz CT molecular complexity index is 1080. The lowest BCUT2D eigenvalue weighted by molar-refractivity contribution is 0.102. The van der Waals surface area contributed by atoms with Gasteiger partial charge in [0.2, 0.25) is 5.01 Å². The summed E-state index contributed by atoms with van der Waals surface area (Å²) in [6, 6.07) is 15.1. The maximum Gasteiger partial charge on any atom is 0.321 e. The fraction of sp³-hybridized carbons (Fsp3) is 0.304. The molecule has 1 aliphatic heterocycles. The molecule has 31 heavy (non-hydrogen) atoms. The van der Waals surface area contributed by atoms with Gasteiger partial charge in [-0.1, -0.05) is 35.6 Å². The molecular formula is C23H25N5O2S. The fourth-order valence-electron chi connectivity index (χ4n) is 3.58. The molecule has 3 aromatic rings. The molecule has 0 bridgehead atoms. The number of urea groups is 1. The summed E-state index contributed by atoms with van der Waals surface area (Å²) < 4.78 is 0. The molecule has 2 N–H and O–H groups in total. The highest BCUT2D eigenvalue weighted by atomic mass is 32.1. The van der Waals surface area contributed by atoms with Crippen molar-refractivity contribution in [2.75, 3.05) is 23.7 Å². The van der Waals surface area contributed by atoms with E-state index in [0.29, 0.717) is 18.1 Å². The molecule has 0 spiro atoms. The van der Waals surface area contributed by atoms with E-state index in [4.69, 9.17) is 0 Å². The molecule has 1 aromatic heterocycles. The van der Waals surface area contributed by atoms with Gasteiger partial charge < -0.3 is 15.5 Å². The van der Waals surface area contributed by atoms with E-state index in [0.717, 1.165) is 34.8 Å². The molecule has 4 rings (SSSR count). The minimum atomic E-state index is -0.268. The van der Waals surface area contributed by atoms with E-state index in [9.17, 15) is 9.59 Å². The molecule has 7 nitrogen and oxygen atoms in total. The Kier molecular flexibility index (Phi) is 6.27. The van der Waals surface area contributed by atoms with Gasteiger partial charge in [0, 0.05) is 30.4 Å². The third kappa shape index (κ3) is 5.08. The zero-order valence-electron chi connectivity index (χ0n) is 17.6. The average Bonchev–Trinajstić information content (AvgIpc) is 3.28. The number of anilines is 2. The molecule has 0 radical (unpaired) electrons. The quantitative estimate of drug-likeness (QED) is 0.615. The van der Waals surface area contributed by atoms with E-state index in [2.05, 4.69) is 20.8 Å². The second kappa shape index (κ2) is 9.26. The second-order valence-corrected chi connectivity index (χ2v) is 8.79. The van der Waals surface area contributed by atoms with E-state index < -0.39 is 0 Å². The second-order valence-electron chi connectivity index (χ2n) is 7.78. The highest BCUT2D eigenvalue weighted by Crippen LogP contribution is 2.30. The SMILES string of the molecule is Cc1ccc(NC(=O)N2CCCC(c3nnc(C(=O)Nc4ccccc4)s3)C2)cc1C. The molecule has 1 aliphatic rings. The largest absolute Gasteiger partial charge is 0.324 e. The van der Waals surface area contributed by atoms with Crippen molar-refractivity contribution in [3.63, 3.8) is 0 Å². The number of carbonyl (C=O) groups excluding carboxylic acids is 2.